The Labute approximate surface area is 51.2 Å². The van der Waals surface area contributed by atoms with Gasteiger partial charge in [-0.15, -0.1) is 0 Å². The van der Waals surface area contributed by atoms with Crippen molar-refractivity contribution >= 4 is 5.84 Å². The first-order valence-corrected chi connectivity index (χ1v) is 2.42. The lowest BCUT2D eigenvalue weighted by Gasteiger charge is -1.95. The van der Waals surface area contributed by atoms with Crippen molar-refractivity contribution < 1.29 is 4.92 Å². The summed E-state index contributed by atoms with van der Waals surface area (Å²) in [5, 5.41) is 13.3. The Kier molecular flexibility index (Phi) is 1.44. The quantitative estimate of drug-likeness (QED) is 0.360. The smallest absolute Gasteiger partial charge is 0.358 e. The highest BCUT2D eigenvalue weighted by molar-refractivity contribution is 5.86. The van der Waals surface area contributed by atoms with E-state index in [1.807, 2.05) is 0 Å². The minimum Gasteiger partial charge on any atom is -0.358 e. The average Bonchev–Trinajstić information content (AvgIpc) is 1.90. The first-order chi connectivity index (χ1) is 4.30. The summed E-state index contributed by atoms with van der Waals surface area (Å²) in [4.78, 5) is 9.40. The van der Waals surface area contributed by atoms with E-state index in [0.29, 0.717) is 6.54 Å². The molecule has 0 aliphatic carbocycles. The molecular weight excluding hydrogens is 122 g/mol. The summed E-state index contributed by atoms with van der Waals surface area (Å²) in [5.74, 6) is -0.138. The maximum absolute atomic E-state index is 9.94. The van der Waals surface area contributed by atoms with Gasteiger partial charge in [-0.1, -0.05) is 6.08 Å². The standard InChI is InChI=1S/C4H5N3O2/c8-7(9)4-2-1-3-5-6-4/h1-2,5H,3H2. The summed E-state index contributed by atoms with van der Waals surface area (Å²) in [7, 11) is 0. The van der Waals surface area contributed by atoms with Crippen LogP contribution in [-0.4, -0.2) is 17.3 Å². The molecule has 0 aromatic rings. The molecule has 1 heterocycles. The van der Waals surface area contributed by atoms with Crippen LogP contribution in [0.2, 0.25) is 0 Å². The lowest BCUT2D eigenvalue weighted by Crippen LogP contribution is -2.19. The second-order valence-corrected chi connectivity index (χ2v) is 1.49. The molecule has 1 rings (SSSR count). The monoisotopic (exact) mass is 127 g/mol. The third kappa shape index (κ3) is 1.25. The van der Waals surface area contributed by atoms with Crippen molar-refractivity contribution in [1.29, 1.82) is 0 Å². The molecule has 5 nitrogen and oxygen atoms in total. The van der Waals surface area contributed by atoms with E-state index in [1.165, 1.54) is 6.08 Å². The van der Waals surface area contributed by atoms with Crippen molar-refractivity contribution in [3.05, 3.63) is 22.3 Å². The van der Waals surface area contributed by atoms with E-state index in [-0.39, 0.29) is 5.84 Å². The Balaban J connectivity index is 2.69. The van der Waals surface area contributed by atoms with Gasteiger partial charge in [0.25, 0.3) is 0 Å². The van der Waals surface area contributed by atoms with Gasteiger partial charge in [0.05, 0.1) is 11.6 Å². The van der Waals surface area contributed by atoms with Crippen LogP contribution in [0, 0.1) is 10.1 Å². The SMILES string of the molecule is O=[N+]([O-])C1=NNCC=C1. The summed E-state index contributed by atoms with van der Waals surface area (Å²) in [6.45, 7) is 0.567. The van der Waals surface area contributed by atoms with Crippen LogP contribution in [0.25, 0.3) is 0 Å². The van der Waals surface area contributed by atoms with E-state index >= 15 is 0 Å². The summed E-state index contributed by atoms with van der Waals surface area (Å²) in [5.41, 5.74) is 2.48. The number of nitrogens with one attached hydrogen (secondary N) is 1. The first kappa shape index (κ1) is 5.74. The second-order valence-electron chi connectivity index (χ2n) is 1.49. The Morgan fingerprint density at radius 1 is 1.89 bits per heavy atom. The van der Waals surface area contributed by atoms with Gasteiger partial charge in [0, 0.05) is 6.08 Å². The molecule has 48 valence electrons. The molecular formula is C4H5N3O2. The number of rotatable bonds is 0. The Morgan fingerprint density at radius 3 is 3.00 bits per heavy atom. The van der Waals surface area contributed by atoms with Gasteiger partial charge in [0.15, 0.2) is 0 Å². The van der Waals surface area contributed by atoms with E-state index in [9.17, 15) is 10.1 Å². The third-order valence-electron chi connectivity index (χ3n) is 0.857. The normalized spacial score (nSPS) is 16.2. The third-order valence-corrected chi connectivity index (χ3v) is 0.857. The second kappa shape index (κ2) is 2.25. The summed E-state index contributed by atoms with van der Waals surface area (Å²) < 4.78 is 0. The molecule has 1 N–H and O–H groups in total. The number of amidine groups is 1. The number of hydrazone groups is 1. The van der Waals surface area contributed by atoms with E-state index < -0.39 is 4.92 Å². The molecule has 5 heteroatoms. The van der Waals surface area contributed by atoms with Crippen LogP contribution >= 0.6 is 0 Å². The highest BCUT2D eigenvalue weighted by Gasteiger charge is 2.08. The van der Waals surface area contributed by atoms with Gasteiger partial charge < -0.3 is 10.1 Å². The van der Waals surface area contributed by atoms with Crippen LogP contribution in [0.3, 0.4) is 0 Å². The first-order valence-electron chi connectivity index (χ1n) is 2.42. The van der Waals surface area contributed by atoms with E-state index in [2.05, 4.69) is 10.5 Å². The highest BCUT2D eigenvalue weighted by Crippen LogP contribution is 1.86. The molecule has 0 saturated carbocycles. The minimum absolute atomic E-state index is 0.138. The van der Waals surface area contributed by atoms with Crippen LogP contribution < -0.4 is 5.43 Å². The van der Waals surface area contributed by atoms with Crippen molar-refractivity contribution in [2.75, 3.05) is 6.54 Å². The predicted molar refractivity (Wildman–Crippen MR) is 31.6 cm³/mol. The van der Waals surface area contributed by atoms with Gasteiger partial charge in [-0.05, 0) is 4.92 Å². The minimum atomic E-state index is -0.539. The van der Waals surface area contributed by atoms with Crippen molar-refractivity contribution in [2.45, 2.75) is 0 Å². The number of nitrogens with zero attached hydrogens (tertiary/aromatic N) is 2. The number of hydrogen-bond acceptors (Lipinski definition) is 4. The molecule has 0 aromatic heterocycles. The molecule has 0 aromatic carbocycles. The fourth-order valence-corrected chi connectivity index (χ4v) is 0.483. The molecule has 0 unspecified atom stereocenters. The summed E-state index contributed by atoms with van der Waals surface area (Å²) >= 11 is 0. The largest absolute Gasteiger partial charge is 0.387 e. The van der Waals surface area contributed by atoms with Crippen LogP contribution in [0.4, 0.5) is 0 Å². The maximum Gasteiger partial charge on any atom is 0.387 e. The number of hydrogen-bond donors (Lipinski definition) is 1. The molecule has 0 amide bonds. The zero-order chi connectivity index (χ0) is 6.69. The fraction of sp³-hybridized carbons (Fsp3) is 0.250. The van der Waals surface area contributed by atoms with Gasteiger partial charge in [0.2, 0.25) is 0 Å². The van der Waals surface area contributed by atoms with E-state index in [4.69, 9.17) is 0 Å². The van der Waals surface area contributed by atoms with Crippen molar-refractivity contribution in [3.8, 4) is 0 Å². The van der Waals surface area contributed by atoms with Crippen LogP contribution in [0.15, 0.2) is 17.3 Å². The Hall–Kier alpha value is -1.39. The van der Waals surface area contributed by atoms with Crippen LogP contribution in [-0.2, 0) is 0 Å². The van der Waals surface area contributed by atoms with Gasteiger partial charge in [-0.25, -0.2) is 5.43 Å². The maximum atomic E-state index is 9.94. The Bertz CT molecular complexity index is 184. The number of nitro groups is 1. The van der Waals surface area contributed by atoms with Crippen molar-refractivity contribution in [1.82, 2.24) is 5.43 Å². The molecule has 0 fully saturated rings. The average molecular weight is 127 g/mol. The lowest BCUT2D eigenvalue weighted by molar-refractivity contribution is -0.348. The van der Waals surface area contributed by atoms with Gasteiger partial charge in [0.1, 0.15) is 0 Å². The van der Waals surface area contributed by atoms with E-state index in [0.717, 1.165) is 0 Å². The molecule has 0 bridgehead atoms. The topological polar surface area (TPSA) is 67.5 Å². The van der Waals surface area contributed by atoms with Gasteiger partial charge in [-0.2, -0.15) is 0 Å². The molecule has 1 aliphatic rings. The zero-order valence-corrected chi connectivity index (χ0v) is 4.57. The van der Waals surface area contributed by atoms with Crippen LogP contribution in [0.1, 0.15) is 0 Å². The summed E-state index contributed by atoms with van der Waals surface area (Å²) in [6, 6.07) is 0. The highest BCUT2D eigenvalue weighted by atomic mass is 16.6. The molecule has 0 atom stereocenters. The lowest BCUT2D eigenvalue weighted by atomic mass is 10.4. The van der Waals surface area contributed by atoms with Crippen molar-refractivity contribution in [3.63, 3.8) is 0 Å². The zero-order valence-electron chi connectivity index (χ0n) is 4.57. The molecule has 9 heavy (non-hydrogen) atoms. The predicted octanol–water partition coefficient (Wildman–Crippen LogP) is -0.264. The molecule has 0 spiro atoms. The molecule has 1 aliphatic heterocycles. The molecule has 0 radical (unpaired) electrons. The Morgan fingerprint density at radius 2 is 2.67 bits per heavy atom. The summed E-state index contributed by atoms with van der Waals surface area (Å²) in [6.07, 6.45) is 3.02. The molecule has 0 saturated heterocycles. The van der Waals surface area contributed by atoms with Crippen LogP contribution in [0.5, 0.6) is 0 Å². The van der Waals surface area contributed by atoms with E-state index in [1.54, 1.807) is 6.08 Å². The van der Waals surface area contributed by atoms with Crippen molar-refractivity contribution in [2.24, 2.45) is 5.10 Å². The van der Waals surface area contributed by atoms with Gasteiger partial charge >= 0.3 is 5.84 Å². The fourth-order valence-electron chi connectivity index (χ4n) is 0.483. The van der Waals surface area contributed by atoms with Gasteiger partial charge in [-0.3, -0.25) is 0 Å².